The third-order valence-corrected chi connectivity index (χ3v) is 19.9. The van der Waals surface area contributed by atoms with Crippen molar-refractivity contribution >= 4 is 22.7 Å². The Morgan fingerprint density at radius 3 is 1.04 bits per heavy atom. The molecule has 2 saturated carbocycles. The Bertz CT molecular complexity index is 3190. The van der Waals surface area contributed by atoms with Crippen LogP contribution in [0.25, 0.3) is 33.4 Å². The lowest BCUT2D eigenvalue weighted by atomic mass is 9.52. The lowest BCUT2D eigenvalue weighted by molar-refractivity contribution is 0.0607. The Hall–Kier alpha value is -6.64. The molecule has 0 saturated heterocycles. The molecule has 2 fully saturated rings. The second kappa shape index (κ2) is 16.2. The zero-order valence-electron chi connectivity index (χ0n) is 44.5. The summed E-state index contributed by atoms with van der Waals surface area (Å²) in [5, 5.41) is 0. The summed E-state index contributed by atoms with van der Waals surface area (Å²) in [5.74, 6) is 0. The molecule has 4 unspecified atom stereocenters. The number of anilines is 4. The molecule has 2 aliphatic heterocycles. The molecule has 5 aliphatic rings. The Balaban J connectivity index is 1.01. The Labute approximate surface area is 436 Å². The van der Waals surface area contributed by atoms with Gasteiger partial charge in [0.2, 0.25) is 0 Å². The van der Waals surface area contributed by atoms with Crippen molar-refractivity contribution in [2.45, 2.75) is 134 Å². The summed E-state index contributed by atoms with van der Waals surface area (Å²) in [4.78, 5) is 5.55. The molecule has 8 aromatic carbocycles. The maximum absolute atomic E-state index is 2.77. The SMILES string of the molecule is CC(C)(C)C12CCCCC1(C)c1cc(-c3ccc4c(c3)-c3cc(-c5ccc6c(c5)C5(C)CCCCC5(C(C)(C)C)N6c5ccccc5)ccc3C4(c3ccccc3)c3ccccc3)ccc1N2c1ccccc1. The average Bonchev–Trinajstić information content (AvgIpc) is 3.95. The molecular weight excluding hydrogens is 881 g/mol. The highest BCUT2D eigenvalue weighted by Crippen LogP contribution is 2.69. The van der Waals surface area contributed by atoms with E-state index in [9.17, 15) is 0 Å². The van der Waals surface area contributed by atoms with E-state index in [0.29, 0.717) is 0 Å². The Morgan fingerprint density at radius 1 is 0.342 bits per heavy atom. The first-order chi connectivity index (χ1) is 35.2. The lowest BCUT2D eigenvalue weighted by Gasteiger charge is -2.59. The summed E-state index contributed by atoms with van der Waals surface area (Å²) >= 11 is 0. The first kappa shape index (κ1) is 46.2. The minimum absolute atomic E-state index is 0.0199. The Kier molecular flexibility index (Phi) is 10.2. The summed E-state index contributed by atoms with van der Waals surface area (Å²) < 4.78 is 0. The summed E-state index contributed by atoms with van der Waals surface area (Å²) in [5.41, 5.74) is 20.9. The fraction of sp³-hybridized carbons (Fsp3) is 0.324. The van der Waals surface area contributed by atoms with Crippen LogP contribution in [0.1, 0.15) is 140 Å². The van der Waals surface area contributed by atoms with Gasteiger partial charge in [0.1, 0.15) is 0 Å². The fourth-order valence-corrected chi connectivity index (χ4v) is 17.0. The molecule has 13 rings (SSSR count). The summed E-state index contributed by atoms with van der Waals surface area (Å²) in [6, 6.07) is 75.1. The number of rotatable bonds is 6. The van der Waals surface area contributed by atoms with Gasteiger partial charge in [0.05, 0.1) is 16.5 Å². The molecule has 2 nitrogen and oxygen atoms in total. The molecule has 2 heterocycles. The van der Waals surface area contributed by atoms with E-state index >= 15 is 0 Å². The fourth-order valence-electron chi connectivity index (χ4n) is 17.0. The quantitative estimate of drug-likeness (QED) is 0.164. The van der Waals surface area contributed by atoms with E-state index in [1.54, 1.807) is 0 Å². The summed E-state index contributed by atoms with van der Waals surface area (Å²) in [7, 11) is 0. The van der Waals surface area contributed by atoms with Crippen LogP contribution < -0.4 is 9.80 Å². The first-order valence-corrected chi connectivity index (χ1v) is 27.6. The van der Waals surface area contributed by atoms with Gasteiger partial charge in [-0.15, -0.1) is 0 Å². The standard InChI is InChI=1S/C71H72N2/c1-65(2,3)69-43-23-21-41-67(69,7)61-47-51(35-39-63(61)72(69)55-29-17-11-18-30-55)49-33-37-59-57(45-49)58-46-50(34-38-60(58)71(59,53-25-13-9-14-26-53)54-27-15-10-16-28-54)52-36-40-64-62(48-52)68(8)42-22-24-44-70(68,66(4,5)6)73(64)56-31-19-12-20-32-56/h9-20,25-40,45-48H,21-24,41-44H2,1-8H3. The molecule has 0 aromatic heterocycles. The van der Waals surface area contributed by atoms with Crippen molar-refractivity contribution in [3.05, 3.63) is 228 Å². The van der Waals surface area contributed by atoms with E-state index in [0.717, 1.165) is 0 Å². The maximum Gasteiger partial charge on any atom is 0.0713 e. The molecule has 0 amide bonds. The second-order valence-electron chi connectivity index (χ2n) is 25.1. The van der Waals surface area contributed by atoms with Crippen LogP contribution in [0.4, 0.5) is 22.7 Å². The first-order valence-electron chi connectivity index (χ1n) is 27.6. The molecule has 0 spiro atoms. The maximum atomic E-state index is 2.77. The van der Waals surface area contributed by atoms with Crippen LogP contribution in [0.3, 0.4) is 0 Å². The van der Waals surface area contributed by atoms with Gasteiger partial charge in [-0.05, 0) is 164 Å². The van der Waals surface area contributed by atoms with Gasteiger partial charge in [0, 0.05) is 33.6 Å². The van der Waals surface area contributed by atoms with Crippen LogP contribution in [0, 0.1) is 10.8 Å². The van der Waals surface area contributed by atoms with Gasteiger partial charge < -0.3 is 9.80 Å². The van der Waals surface area contributed by atoms with Crippen molar-refractivity contribution in [3.8, 4) is 33.4 Å². The molecule has 0 bridgehead atoms. The molecule has 8 aromatic rings. The van der Waals surface area contributed by atoms with Gasteiger partial charge in [0.25, 0.3) is 0 Å². The van der Waals surface area contributed by atoms with Crippen LogP contribution in [-0.4, -0.2) is 11.1 Å². The van der Waals surface area contributed by atoms with E-state index in [1.165, 1.54) is 141 Å². The van der Waals surface area contributed by atoms with Gasteiger partial charge in [0.15, 0.2) is 0 Å². The average molecular weight is 953 g/mol. The smallest absolute Gasteiger partial charge is 0.0713 e. The van der Waals surface area contributed by atoms with Gasteiger partial charge in [-0.3, -0.25) is 0 Å². The number of para-hydroxylation sites is 2. The van der Waals surface area contributed by atoms with Gasteiger partial charge in [-0.2, -0.15) is 0 Å². The topological polar surface area (TPSA) is 6.48 Å². The predicted molar refractivity (Wildman–Crippen MR) is 308 cm³/mol. The Morgan fingerprint density at radius 2 is 0.671 bits per heavy atom. The van der Waals surface area contributed by atoms with Crippen LogP contribution in [0.5, 0.6) is 0 Å². The molecule has 73 heavy (non-hydrogen) atoms. The number of benzene rings is 8. The highest BCUT2D eigenvalue weighted by atomic mass is 15.3. The molecule has 0 N–H and O–H groups in total. The van der Waals surface area contributed by atoms with E-state index in [2.05, 4.69) is 259 Å². The van der Waals surface area contributed by atoms with Gasteiger partial charge in [-0.25, -0.2) is 0 Å². The molecule has 366 valence electrons. The number of fused-ring (bicyclic) bond motifs is 9. The van der Waals surface area contributed by atoms with E-state index in [-0.39, 0.29) is 32.7 Å². The monoisotopic (exact) mass is 953 g/mol. The number of hydrogen-bond acceptors (Lipinski definition) is 2. The van der Waals surface area contributed by atoms with Gasteiger partial charge >= 0.3 is 0 Å². The largest absolute Gasteiger partial charge is 0.334 e. The molecule has 3 aliphatic carbocycles. The highest BCUT2D eigenvalue weighted by Gasteiger charge is 2.66. The van der Waals surface area contributed by atoms with Crippen LogP contribution >= 0.6 is 0 Å². The zero-order valence-corrected chi connectivity index (χ0v) is 44.5. The van der Waals surface area contributed by atoms with Crippen molar-refractivity contribution < 1.29 is 0 Å². The minimum atomic E-state index is -0.490. The predicted octanol–water partition coefficient (Wildman–Crippen LogP) is 18.9. The summed E-state index contributed by atoms with van der Waals surface area (Å²) in [6.07, 6.45) is 9.74. The minimum Gasteiger partial charge on any atom is -0.334 e. The third kappa shape index (κ3) is 6.10. The van der Waals surface area contributed by atoms with Crippen LogP contribution in [0.15, 0.2) is 194 Å². The highest BCUT2D eigenvalue weighted by molar-refractivity contribution is 5.92. The van der Waals surface area contributed by atoms with Crippen molar-refractivity contribution in [1.82, 2.24) is 0 Å². The normalized spacial score (nSPS) is 24.5. The van der Waals surface area contributed by atoms with E-state index in [4.69, 9.17) is 0 Å². The van der Waals surface area contributed by atoms with E-state index in [1.807, 2.05) is 0 Å². The number of nitrogens with zero attached hydrogens (tertiary/aromatic N) is 2. The number of hydrogen-bond donors (Lipinski definition) is 0. The summed E-state index contributed by atoms with van der Waals surface area (Å²) in [6.45, 7) is 20.2. The van der Waals surface area contributed by atoms with Crippen molar-refractivity contribution in [1.29, 1.82) is 0 Å². The van der Waals surface area contributed by atoms with Crippen molar-refractivity contribution in [3.63, 3.8) is 0 Å². The van der Waals surface area contributed by atoms with Gasteiger partial charge in [-0.1, -0.05) is 215 Å². The van der Waals surface area contributed by atoms with Crippen molar-refractivity contribution in [2.75, 3.05) is 9.80 Å². The molecular formula is C71H72N2. The second-order valence-corrected chi connectivity index (χ2v) is 25.1. The lowest BCUT2D eigenvalue weighted by Crippen LogP contribution is -2.64. The molecule has 0 radical (unpaired) electrons. The van der Waals surface area contributed by atoms with Crippen LogP contribution in [0.2, 0.25) is 0 Å². The zero-order chi connectivity index (χ0) is 50.2. The molecule has 2 heteroatoms. The molecule has 4 atom stereocenters. The van der Waals surface area contributed by atoms with Crippen LogP contribution in [-0.2, 0) is 16.2 Å². The third-order valence-electron chi connectivity index (χ3n) is 19.9. The van der Waals surface area contributed by atoms with E-state index < -0.39 is 5.41 Å². The van der Waals surface area contributed by atoms with Crippen molar-refractivity contribution in [2.24, 2.45) is 10.8 Å².